The molecule has 0 amide bonds. The minimum absolute atomic E-state index is 0.729. The second-order valence-electron chi connectivity index (χ2n) is 3.52. The van der Waals surface area contributed by atoms with Gasteiger partial charge in [-0.1, -0.05) is 6.92 Å². The van der Waals surface area contributed by atoms with Crippen LogP contribution in [0.4, 0.5) is 0 Å². The van der Waals surface area contributed by atoms with E-state index in [1.807, 2.05) is 6.07 Å². The van der Waals surface area contributed by atoms with Crippen LogP contribution >= 0.6 is 0 Å². The second-order valence-corrected chi connectivity index (χ2v) is 3.52. The highest BCUT2D eigenvalue weighted by Crippen LogP contribution is 2.21. The molecule has 0 bridgehead atoms. The van der Waals surface area contributed by atoms with E-state index in [9.17, 15) is 0 Å². The molecule has 0 aromatic carbocycles. The normalized spacial score (nSPS) is 10.6. The molecule has 4 nitrogen and oxygen atoms in total. The molecule has 1 N–H and O–H groups in total. The molecule has 2 aromatic heterocycles. The van der Waals surface area contributed by atoms with Gasteiger partial charge in [-0.25, -0.2) is 0 Å². The molecule has 0 fully saturated rings. The van der Waals surface area contributed by atoms with E-state index in [1.54, 1.807) is 24.9 Å². The summed E-state index contributed by atoms with van der Waals surface area (Å²) >= 11 is 0. The molecule has 2 aromatic rings. The Balaban J connectivity index is 2.13. The van der Waals surface area contributed by atoms with E-state index in [2.05, 4.69) is 22.2 Å². The molecule has 0 radical (unpaired) electrons. The summed E-state index contributed by atoms with van der Waals surface area (Å²) in [7, 11) is 0. The highest BCUT2D eigenvalue weighted by molar-refractivity contribution is 5.59. The van der Waals surface area contributed by atoms with Gasteiger partial charge in [0, 0.05) is 18.0 Å². The Bertz CT molecular complexity index is 425. The van der Waals surface area contributed by atoms with Crippen LogP contribution in [0.5, 0.6) is 0 Å². The lowest BCUT2D eigenvalue weighted by molar-refractivity contribution is 0.484. The van der Waals surface area contributed by atoms with Gasteiger partial charge in [-0.15, -0.1) is 0 Å². The van der Waals surface area contributed by atoms with Crippen LogP contribution in [0, 0.1) is 0 Å². The van der Waals surface area contributed by atoms with Gasteiger partial charge in [0.05, 0.1) is 24.7 Å². The number of nitrogens with zero attached hydrogens (tertiary/aromatic N) is 2. The van der Waals surface area contributed by atoms with Crippen molar-refractivity contribution in [3.63, 3.8) is 0 Å². The molecule has 4 heteroatoms. The van der Waals surface area contributed by atoms with E-state index in [4.69, 9.17) is 4.42 Å². The summed E-state index contributed by atoms with van der Waals surface area (Å²) in [6, 6.07) is 1.92. The van der Waals surface area contributed by atoms with Crippen LogP contribution in [0.2, 0.25) is 0 Å². The Morgan fingerprint density at radius 2 is 2.31 bits per heavy atom. The average Bonchev–Trinajstić information content (AvgIpc) is 2.79. The Hall–Kier alpha value is -1.68. The van der Waals surface area contributed by atoms with E-state index >= 15 is 0 Å². The summed E-state index contributed by atoms with van der Waals surface area (Å²) in [5, 5.41) is 3.31. The maximum Gasteiger partial charge on any atom is 0.126 e. The van der Waals surface area contributed by atoms with Gasteiger partial charge in [0.25, 0.3) is 0 Å². The first-order valence-electron chi connectivity index (χ1n) is 5.45. The zero-order valence-electron chi connectivity index (χ0n) is 9.31. The maximum atomic E-state index is 5.44. The van der Waals surface area contributed by atoms with Crippen molar-refractivity contribution in [1.82, 2.24) is 15.3 Å². The fourth-order valence-corrected chi connectivity index (χ4v) is 1.52. The Labute approximate surface area is 94.7 Å². The summed E-state index contributed by atoms with van der Waals surface area (Å²) in [6.07, 6.45) is 7.90. The molecule has 16 heavy (non-hydrogen) atoms. The first-order valence-corrected chi connectivity index (χ1v) is 5.45. The zero-order chi connectivity index (χ0) is 11.2. The molecular formula is C12H15N3O. The quantitative estimate of drug-likeness (QED) is 0.780. The highest BCUT2D eigenvalue weighted by atomic mass is 16.3. The Morgan fingerprint density at radius 3 is 3.06 bits per heavy atom. The monoisotopic (exact) mass is 217 g/mol. The van der Waals surface area contributed by atoms with Gasteiger partial charge in [-0.2, -0.15) is 0 Å². The van der Waals surface area contributed by atoms with E-state index in [0.29, 0.717) is 0 Å². The molecule has 0 aliphatic rings. The molecule has 0 spiro atoms. The first-order chi connectivity index (χ1) is 7.92. The molecule has 0 unspecified atom stereocenters. The predicted octanol–water partition coefficient (Wildman–Crippen LogP) is 2.24. The molecule has 0 aliphatic heterocycles. The third-order valence-electron chi connectivity index (χ3n) is 2.30. The third kappa shape index (κ3) is 2.46. The van der Waals surface area contributed by atoms with Crippen LogP contribution in [0.1, 0.15) is 19.1 Å². The maximum absolute atomic E-state index is 5.44. The van der Waals surface area contributed by atoms with Gasteiger partial charge in [0.2, 0.25) is 0 Å². The third-order valence-corrected chi connectivity index (χ3v) is 2.30. The number of aromatic nitrogens is 2. The molecule has 0 saturated carbocycles. The van der Waals surface area contributed by atoms with Crippen molar-refractivity contribution in [2.24, 2.45) is 0 Å². The summed E-state index contributed by atoms with van der Waals surface area (Å²) in [5.41, 5.74) is 1.86. The van der Waals surface area contributed by atoms with Crippen molar-refractivity contribution in [1.29, 1.82) is 0 Å². The van der Waals surface area contributed by atoms with Crippen LogP contribution in [0.25, 0.3) is 11.3 Å². The van der Waals surface area contributed by atoms with E-state index in [1.165, 1.54) is 0 Å². The van der Waals surface area contributed by atoms with Gasteiger partial charge in [0.1, 0.15) is 5.76 Å². The number of nitrogens with one attached hydrogen (secondary N) is 1. The first kappa shape index (κ1) is 10.8. The summed E-state index contributed by atoms with van der Waals surface area (Å²) in [5.74, 6) is 0.911. The molecule has 2 rings (SSSR count). The lowest BCUT2D eigenvalue weighted by Gasteiger charge is -2.02. The van der Waals surface area contributed by atoms with Crippen molar-refractivity contribution >= 4 is 0 Å². The largest absolute Gasteiger partial charge is 0.467 e. The van der Waals surface area contributed by atoms with E-state index in [0.717, 1.165) is 36.5 Å². The minimum atomic E-state index is 0.729. The lowest BCUT2D eigenvalue weighted by atomic mass is 10.2. The summed E-state index contributed by atoms with van der Waals surface area (Å²) in [6.45, 7) is 3.85. The van der Waals surface area contributed by atoms with Crippen molar-refractivity contribution < 1.29 is 4.42 Å². The molecule has 0 aliphatic carbocycles. The van der Waals surface area contributed by atoms with Crippen LogP contribution in [-0.4, -0.2) is 16.5 Å². The van der Waals surface area contributed by atoms with Crippen molar-refractivity contribution in [3.8, 4) is 11.3 Å². The Kier molecular flexibility index (Phi) is 3.66. The van der Waals surface area contributed by atoms with Crippen LogP contribution in [0.15, 0.2) is 35.3 Å². The minimum Gasteiger partial charge on any atom is -0.467 e. The smallest absolute Gasteiger partial charge is 0.126 e. The standard InChI is InChI=1S/C12H15N3O/c1-2-4-13-9-12-10(3-7-16-12)11-8-14-5-6-15-11/h3,5-8,13H,2,4,9H2,1H3. The molecule has 0 saturated heterocycles. The second kappa shape index (κ2) is 5.42. The number of rotatable bonds is 5. The molecular weight excluding hydrogens is 202 g/mol. The highest BCUT2D eigenvalue weighted by Gasteiger charge is 2.08. The van der Waals surface area contributed by atoms with Gasteiger partial charge in [-0.3, -0.25) is 9.97 Å². The topological polar surface area (TPSA) is 51.0 Å². The van der Waals surface area contributed by atoms with Crippen molar-refractivity contribution in [2.75, 3.05) is 6.54 Å². The van der Waals surface area contributed by atoms with Gasteiger partial charge >= 0.3 is 0 Å². The molecule has 2 heterocycles. The molecule has 0 atom stereocenters. The van der Waals surface area contributed by atoms with Gasteiger partial charge < -0.3 is 9.73 Å². The van der Waals surface area contributed by atoms with Crippen molar-refractivity contribution in [2.45, 2.75) is 19.9 Å². The van der Waals surface area contributed by atoms with Crippen LogP contribution in [0.3, 0.4) is 0 Å². The van der Waals surface area contributed by atoms with Crippen LogP contribution < -0.4 is 5.32 Å². The SMILES string of the molecule is CCCNCc1occc1-c1cnccn1. The summed E-state index contributed by atoms with van der Waals surface area (Å²) < 4.78 is 5.44. The Morgan fingerprint density at radius 1 is 1.38 bits per heavy atom. The van der Waals surface area contributed by atoms with E-state index in [-0.39, 0.29) is 0 Å². The average molecular weight is 217 g/mol. The zero-order valence-corrected chi connectivity index (χ0v) is 9.31. The summed E-state index contributed by atoms with van der Waals surface area (Å²) in [4.78, 5) is 8.31. The fourth-order valence-electron chi connectivity index (χ4n) is 1.52. The van der Waals surface area contributed by atoms with Crippen LogP contribution in [-0.2, 0) is 6.54 Å². The molecule has 84 valence electrons. The van der Waals surface area contributed by atoms with E-state index < -0.39 is 0 Å². The van der Waals surface area contributed by atoms with Gasteiger partial charge in [-0.05, 0) is 19.0 Å². The number of furan rings is 1. The van der Waals surface area contributed by atoms with Crippen molar-refractivity contribution in [3.05, 3.63) is 36.7 Å². The number of hydrogen-bond donors (Lipinski definition) is 1. The predicted molar refractivity (Wildman–Crippen MR) is 61.7 cm³/mol. The fraction of sp³-hybridized carbons (Fsp3) is 0.333. The lowest BCUT2D eigenvalue weighted by Crippen LogP contribution is -2.13. The van der Waals surface area contributed by atoms with Gasteiger partial charge in [0.15, 0.2) is 0 Å². The number of hydrogen-bond acceptors (Lipinski definition) is 4.